The molecule has 3 aliphatic heterocycles. The molecule has 5 nitrogen and oxygen atoms in total. The first-order valence-corrected chi connectivity index (χ1v) is 13.9. The lowest BCUT2D eigenvalue weighted by atomic mass is 9.52. The maximum absolute atomic E-state index is 14.5. The Kier molecular flexibility index (Phi) is 4.11. The molecule has 2 saturated heterocycles. The van der Waals surface area contributed by atoms with E-state index in [4.69, 9.17) is 5.10 Å². The first kappa shape index (κ1) is 20.6. The Labute approximate surface area is 209 Å². The normalized spacial score (nSPS) is 40.9. The van der Waals surface area contributed by atoms with Crippen LogP contribution in [0.15, 0.2) is 65.8 Å². The van der Waals surface area contributed by atoms with Crippen molar-refractivity contribution in [2.45, 2.75) is 48.9 Å². The van der Waals surface area contributed by atoms with Gasteiger partial charge in [0.05, 0.1) is 23.9 Å². The van der Waals surface area contributed by atoms with Crippen LogP contribution < -0.4 is 0 Å². The number of hydrazone groups is 1. The summed E-state index contributed by atoms with van der Waals surface area (Å²) in [6.07, 6.45) is 6.97. The van der Waals surface area contributed by atoms with E-state index >= 15 is 0 Å². The van der Waals surface area contributed by atoms with Crippen LogP contribution in [0, 0.1) is 29.6 Å². The highest BCUT2D eigenvalue weighted by atomic mass is 32.2. The number of carbonyl (C=O) groups is 2. The molecule has 6 fully saturated rings. The first-order chi connectivity index (χ1) is 17.1. The van der Waals surface area contributed by atoms with Crippen molar-refractivity contribution in [3.8, 4) is 0 Å². The van der Waals surface area contributed by atoms with Gasteiger partial charge in [-0.25, -0.2) is 0 Å². The van der Waals surface area contributed by atoms with Gasteiger partial charge in [-0.2, -0.15) is 5.10 Å². The molecule has 6 heteroatoms. The summed E-state index contributed by atoms with van der Waals surface area (Å²) in [4.78, 5) is 29.7. The van der Waals surface area contributed by atoms with Crippen LogP contribution >= 0.6 is 11.8 Å². The van der Waals surface area contributed by atoms with Crippen molar-refractivity contribution in [2.24, 2.45) is 34.7 Å². The lowest BCUT2D eigenvalue weighted by Crippen LogP contribution is -2.62. The fourth-order valence-corrected chi connectivity index (χ4v) is 10.5. The number of rotatable bonds is 3. The molecule has 2 aromatic rings. The summed E-state index contributed by atoms with van der Waals surface area (Å²) < 4.78 is 0. The van der Waals surface area contributed by atoms with E-state index in [1.807, 2.05) is 41.3 Å². The third-order valence-electron chi connectivity index (χ3n) is 9.75. The molecule has 0 N–H and O–H groups in total. The fourth-order valence-electron chi connectivity index (χ4n) is 8.91. The van der Waals surface area contributed by atoms with Gasteiger partial charge >= 0.3 is 0 Å². The Morgan fingerprint density at radius 3 is 2.03 bits per heavy atom. The van der Waals surface area contributed by atoms with Crippen LogP contribution in [0.5, 0.6) is 0 Å². The average molecular weight is 484 g/mol. The zero-order valence-electron chi connectivity index (χ0n) is 19.7. The van der Waals surface area contributed by atoms with Gasteiger partial charge < -0.3 is 0 Å². The zero-order valence-corrected chi connectivity index (χ0v) is 20.5. The number of carbonyl (C=O) groups excluding carboxylic acids is 2. The summed E-state index contributed by atoms with van der Waals surface area (Å²) in [6.45, 7) is 0.510. The number of amides is 2. The topological polar surface area (TPSA) is 53.0 Å². The third kappa shape index (κ3) is 2.64. The summed E-state index contributed by atoms with van der Waals surface area (Å²) in [6, 6.07) is 20.5. The van der Waals surface area contributed by atoms with Crippen LogP contribution in [0.1, 0.15) is 49.7 Å². The molecule has 35 heavy (non-hydrogen) atoms. The molecule has 4 bridgehead atoms. The summed E-state index contributed by atoms with van der Waals surface area (Å²) >= 11 is 1.67. The largest absolute Gasteiger partial charge is 0.276 e. The molecule has 3 atom stereocenters. The van der Waals surface area contributed by atoms with Gasteiger partial charge in [-0.3, -0.25) is 19.5 Å². The van der Waals surface area contributed by atoms with Crippen LogP contribution in [0.2, 0.25) is 0 Å². The third-order valence-corrected chi connectivity index (χ3v) is 11.3. The number of thioether (sulfide) groups is 1. The second-order valence-corrected chi connectivity index (χ2v) is 13.0. The zero-order chi connectivity index (χ0) is 23.4. The van der Waals surface area contributed by atoms with Crippen molar-refractivity contribution >= 4 is 28.6 Å². The standard InChI is InChI=1S/C29H29N3O2S/c33-26-23-17-31-29(22-9-5-2-6-10-22,35-25(30-31)21-7-3-1-4-8-21)24(23)27(34)32(26)28-14-18-11-19(15-28)13-20(12-18)16-28/h1-10,18-20,23-24H,11-17H2/t18?,19?,20?,23-,24+,28?,29-/m0/s1. The molecule has 9 rings (SSSR count). The van der Waals surface area contributed by atoms with E-state index in [0.29, 0.717) is 24.3 Å². The van der Waals surface area contributed by atoms with Crippen LogP contribution in [0.25, 0.3) is 0 Å². The van der Waals surface area contributed by atoms with Gasteiger partial charge in [-0.15, -0.1) is 0 Å². The molecule has 0 spiro atoms. The molecule has 7 aliphatic rings. The number of benzene rings is 2. The van der Waals surface area contributed by atoms with E-state index in [9.17, 15) is 9.59 Å². The van der Waals surface area contributed by atoms with Gasteiger partial charge in [0.2, 0.25) is 11.8 Å². The van der Waals surface area contributed by atoms with Gasteiger partial charge in [-0.1, -0.05) is 72.4 Å². The van der Waals surface area contributed by atoms with Crippen LogP contribution in [0.4, 0.5) is 0 Å². The van der Waals surface area contributed by atoms with Crippen LogP contribution in [0.3, 0.4) is 0 Å². The van der Waals surface area contributed by atoms with E-state index < -0.39 is 10.8 Å². The van der Waals surface area contributed by atoms with E-state index in [1.165, 1.54) is 19.3 Å². The summed E-state index contributed by atoms with van der Waals surface area (Å²) in [7, 11) is 0. The molecule has 4 aliphatic carbocycles. The van der Waals surface area contributed by atoms with Crippen LogP contribution in [-0.4, -0.2) is 38.9 Å². The highest BCUT2D eigenvalue weighted by Crippen LogP contribution is 2.64. The van der Waals surface area contributed by atoms with Gasteiger partial charge in [-0.05, 0) is 61.8 Å². The number of nitrogens with zero attached hydrogens (tertiary/aromatic N) is 3. The van der Waals surface area contributed by atoms with Crippen molar-refractivity contribution in [1.82, 2.24) is 9.91 Å². The van der Waals surface area contributed by atoms with Crippen molar-refractivity contribution in [3.05, 3.63) is 71.8 Å². The summed E-state index contributed by atoms with van der Waals surface area (Å²) in [5, 5.41) is 8.03. The highest BCUT2D eigenvalue weighted by Gasteiger charge is 2.71. The Hall–Kier alpha value is -2.60. The molecule has 2 amide bonds. The van der Waals surface area contributed by atoms with E-state index in [-0.39, 0.29) is 23.3 Å². The lowest BCUT2D eigenvalue weighted by molar-refractivity contribution is -0.160. The van der Waals surface area contributed by atoms with Gasteiger partial charge in [0.15, 0.2) is 0 Å². The molecular formula is C29H29N3O2S. The second kappa shape index (κ2) is 7.00. The minimum absolute atomic E-state index is 0.0605. The molecule has 178 valence electrons. The Morgan fingerprint density at radius 2 is 1.40 bits per heavy atom. The van der Waals surface area contributed by atoms with Crippen LogP contribution in [-0.2, 0) is 14.5 Å². The predicted molar refractivity (Wildman–Crippen MR) is 135 cm³/mol. The van der Waals surface area contributed by atoms with Crippen molar-refractivity contribution in [2.75, 3.05) is 6.54 Å². The summed E-state index contributed by atoms with van der Waals surface area (Å²) in [5.74, 6) is 1.49. The minimum Gasteiger partial charge on any atom is -0.276 e. The van der Waals surface area contributed by atoms with Crippen molar-refractivity contribution < 1.29 is 9.59 Å². The molecule has 0 aromatic heterocycles. The average Bonchev–Trinajstić information content (AvgIpc) is 3.46. The smallest absolute Gasteiger partial charge is 0.237 e. The van der Waals surface area contributed by atoms with Gasteiger partial charge in [0, 0.05) is 5.56 Å². The quantitative estimate of drug-likeness (QED) is 0.587. The van der Waals surface area contributed by atoms with E-state index in [2.05, 4.69) is 29.3 Å². The van der Waals surface area contributed by atoms with E-state index in [1.54, 1.807) is 11.8 Å². The second-order valence-electron chi connectivity index (χ2n) is 11.8. The molecule has 0 unspecified atom stereocenters. The maximum atomic E-state index is 14.5. The summed E-state index contributed by atoms with van der Waals surface area (Å²) in [5.41, 5.74) is 1.90. The Morgan fingerprint density at radius 1 is 0.800 bits per heavy atom. The van der Waals surface area contributed by atoms with Crippen molar-refractivity contribution in [1.29, 1.82) is 0 Å². The predicted octanol–water partition coefficient (Wildman–Crippen LogP) is 4.83. The molecule has 3 heterocycles. The number of fused-ring (bicyclic) bond motifs is 3. The minimum atomic E-state index is -0.666. The SMILES string of the molecule is O=C1[C@H]2CN3N=C(c4ccccc4)S[C@@]3(c3ccccc3)[C@H]2C(=O)N1C12CC3CC(CC(C3)C1)C2. The van der Waals surface area contributed by atoms with Crippen molar-refractivity contribution in [3.63, 3.8) is 0 Å². The number of likely N-dealkylation sites (tertiary alicyclic amines) is 1. The monoisotopic (exact) mass is 483 g/mol. The fraction of sp³-hybridized carbons (Fsp3) is 0.483. The molecular weight excluding hydrogens is 454 g/mol. The van der Waals surface area contributed by atoms with Gasteiger partial charge in [0.25, 0.3) is 0 Å². The molecule has 0 radical (unpaired) electrons. The number of hydrogen-bond donors (Lipinski definition) is 0. The highest BCUT2D eigenvalue weighted by molar-refractivity contribution is 8.15. The molecule has 2 aromatic carbocycles. The lowest BCUT2D eigenvalue weighted by Gasteiger charge is -2.59. The molecule has 4 saturated carbocycles. The Balaban J connectivity index is 1.22. The van der Waals surface area contributed by atoms with Gasteiger partial charge in [0.1, 0.15) is 9.91 Å². The number of hydrogen-bond acceptors (Lipinski definition) is 5. The Bertz CT molecular complexity index is 1230. The number of imide groups is 1. The first-order valence-electron chi connectivity index (χ1n) is 13.1. The maximum Gasteiger partial charge on any atom is 0.237 e. The van der Waals surface area contributed by atoms with E-state index in [0.717, 1.165) is 35.4 Å².